The second kappa shape index (κ2) is 6.00. The molecular formula is C13H24N4O. The Morgan fingerprint density at radius 3 is 2.44 bits per heavy atom. The molecule has 0 saturated carbocycles. The normalized spacial score (nSPS) is 12.8. The smallest absolute Gasteiger partial charge is 0.224 e. The summed E-state index contributed by atoms with van der Waals surface area (Å²) in [7, 11) is 0. The molecule has 1 heterocycles. The number of aryl methyl sites for hydroxylation is 1. The van der Waals surface area contributed by atoms with Gasteiger partial charge >= 0.3 is 0 Å². The van der Waals surface area contributed by atoms with Crippen molar-refractivity contribution in [3.8, 4) is 0 Å². The van der Waals surface area contributed by atoms with Crippen LogP contribution in [0.4, 0.5) is 5.69 Å². The lowest BCUT2D eigenvalue weighted by Gasteiger charge is -2.10. The first kappa shape index (κ1) is 14.7. The number of anilines is 1. The van der Waals surface area contributed by atoms with Crippen molar-refractivity contribution < 1.29 is 4.79 Å². The van der Waals surface area contributed by atoms with Crippen LogP contribution in [0.5, 0.6) is 0 Å². The lowest BCUT2D eigenvalue weighted by Crippen LogP contribution is -2.20. The summed E-state index contributed by atoms with van der Waals surface area (Å²) < 4.78 is 1.93. The Kier molecular flexibility index (Phi) is 4.90. The highest BCUT2D eigenvalue weighted by Crippen LogP contribution is 2.22. The molecule has 102 valence electrons. The number of nitrogens with one attached hydrogen (secondary N) is 1. The molecule has 0 radical (unpaired) electrons. The number of rotatable bonds is 5. The molecule has 1 rings (SSSR count). The zero-order valence-electron chi connectivity index (χ0n) is 11.9. The molecule has 5 nitrogen and oxygen atoms in total. The van der Waals surface area contributed by atoms with Gasteiger partial charge in [0, 0.05) is 18.5 Å². The molecule has 1 aromatic rings. The molecule has 0 aliphatic heterocycles. The van der Waals surface area contributed by atoms with Crippen molar-refractivity contribution in [3.63, 3.8) is 0 Å². The van der Waals surface area contributed by atoms with E-state index in [0.29, 0.717) is 18.9 Å². The molecule has 0 bridgehead atoms. The van der Waals surface area contributed by atoms with Gasteiger partial charge in [0.2, 0.25) is 5.91 Å². The predicted molar refractivity (Wildman–Crippen MR) is 73.6 cm³/mol. The van der Waals surface area contributed by atoms with E-state index in [9.17, 15) is 4.79 Å². The lowest BCUT2D eigenvalue weighted by atomic mass is 10.2. The summed E-state index contributed by atoms with van der Waals surface area (Å²) in [5.74, 6) is 0.00167. The average Bonchev–Trinajstić information content (AvgIpc) is 2.54. The molecule has 0 aromatic carbocycles. The predicted octanol–water partition coefficient (Wildman–Crippen LogP) is 2.15. The highest BCUT2D eigenvalue weighted by atomic mass is 16.1. The fraction of sp³-hybridized carbons (Fsp3) is 0.692. The van der Waals surface area contributed by atoms with Crippen LogP contribution in [0.15, 0.2) is 0 Å². The highest BCUT2D eigenvalue weighted by molar-refractivity contribution is 5.91. The average molecular weight is 252 g/mol. The number of carbonyl (C=O) groups excluding carboxylic acids is 1. The zero-order valence-corrected chi connectivity index (χ0v) is 11.9. The molecule has 1 aromatic heterocycles. The Bertz CT molecular complexity index is 421. The largest absolute Gasteiger partial charge is 0.328 e. The third-order valence-corrected chi connectivity index (χ3v) is 2.91. The number of nitrogens with zero attached hydrogens (tertiary/aromatic N) is 2. The van der Waals surface area contributed by atoms with Crippen molar-refractivity contribution in [2.75, 3.05) is 5.32 Å². The maximum Gasteiger partial charge on any atom is 0.224 e. The Morgan fingerprint density at radius 2 is 2.00 bits per heavy atom. The van der Waals surface area contributed by atoms with Gasteiger partial charge in [-0.2, -0.15) is 5.10 Å². The van der Waals surface area contributed by atoms with Crippen molar-refractivity contribution in [1.82, 2.24) is 9.78 Å². The maximum absolute atomic E-state index is 11.8. The molecule has 3 N–H and O–H groups in total. The molecule has 5 heteroatoms. The van der Waals surface area contributed by atoms with Gasteiger partial charge in [0.05, 0.1) is 17.1 Å². The first-order valence-corrected chi connectivity index (χ1v) is 6.44. The molecule has 1 amide bonds. The summed E-state index contributed by atoms with van der Waals surface area (Å²) in [4.78, 5) is 11.8. The van der Waals surface area contributed by atoms with Gasteiger partial charge in [0.15, 0.2) is 0 Å². The zero-order chi connectivity index (χ0) is 13.9. The quantitative estimate of drug-likeness (QED) is 0.843. The van der Waals surface area contributed by atoms with Gasteiger partial charge in [0.1, 0.15) is 0 Å². The molecule has 0 aliphatic carbocycles. The van der Waals surface area contributed by atoms with E-state index in [1.807, 2.05) is 25.5 Å². The van der Waals surface area contributed by atoms with Crippen LogP contribution in [0.25, 0.3) is 0 Å². The number of hydrogen-bond acceptors (Lipinski definition) is 3. The van der Waals surface area contributed by atoms with E-state index in [-0.39, 0.29) is 11.9 Å². The molecule has 0 saturated heterocycles. The summed E-state index contributed by atoms with van der Waals surface area (Å²) in [6.07, 6.45) is 1.14. The van der Waals surface area contributed by atoms with E-state index in [1.165, 1.54) is 0 Å². The van der Waals surface area contributed by atoms with Gasteiger partial charge < -0.3 is 11.1 Å². The van der Waals surface area contributed by atoms with E-state index < -0.39 is 0 Å². The van der Waals surface area contributed by atoms with E-state index in [1.54, 1.807) is 0 Å². The van der Waals surface area contributed by atoms with Gasteiger partial charge in [-0.15, -0.1) is 0 Å². The van der Waals surface area contributed by atoms with Crippen molar-refractivity contribution in [2.45, 2.75) is 59.5 Å². The number of carbonyl (C=O) groups is 1. The lowest BCUT2D eigenvalue weighted by molar-refractivity contribution is -0.116. The molecule has 0 fully saturated rings. The molecule has 1 unspecified atom stereocenters. The monoisotopic (exact) mass is 252 g/mol. The third kappa shape index (κ3) is 3.57. The summed E-state index contributed by atoms with van der Waals surface area (Å²) in [5.41, 5.74) is 8.33. The molecule has 18 heavy (non-hydrogen) atoms. The maximum atomic E-state index is 11.8. The first-order valence-electron chi connectivity index (χ1n) is 6.44. The fourth-order valence-corrected chi connectivity index (χ4v) is 1.91. The van der Waals surface area contributed by atoms with Crippen LogP contribution in [-0.4, -0.2) is 21.7 Å². The van der Waals surface area contributed by atoms with Crippen LogP contribution in [-0.2, 0) is 4.79 Å². The topological polar surface area (TPSA) is 72.9 Å². The Hall–Kier alpha value is -1.36. The Labute approximate surface area is 109 Å². The highest BCUT2D eigenvalue weighted by Gasteiger charge is 2.15. The van der Waals surface area contributed by atoms with Crippen LogP contribution in [0.1, 0.15) is 51.0 Å². The van der Waals surface area contributed by atoms with E-state index in [2.05, 4.69) is 24.3 Å². The summed E-state index contributed by atoms with van der Waals surface area (Å²) >= 11 is 0. The second-order valence-electron chi connectivity index (χ2n) is 5.15. The van der Waals surface area contributed by atoms with Gasteiger partial charge in [-0.1, -0.05) is 0 Å². The summed E-state index contributed by atoms with van der Waals surface area (Å²) in [5, 5.41) is 7.37. The summed E-state index contributed by atoms with van der Waals surface area (Å²) in [6.45, 7) is 9.93. The fourth-order valence-electron chi connectivity index (χ4n) is 1.91. The third-order valence-electron chi connectivity index (χ3n) is 2.91. The van der Waals surface area contributed by atoms with Gasteiger partial charge in [-0.3, -0.25) is 9.48 Å². The van der Waals surface area contributed by atoms with Gasteiger partial charge in [-0.25, -0.2) is 0 Å². The van der Waals surface area contributed by atoms with Gasteiger partial charge in [-0.05, 0) is 41.0 Å². The van der Waals surface area contributed by atoms with Crippen molar-refractivity contribution in [2.24, 2.45) is 5.73 Å². The molecule has 0 aliphatic rings. The van der Waals surface area contributed by atoms with Crippen LogP contribution in [0, 0.1) is 13.8 Å². The van der Waals surface area contributed by atoms with E-state index >= 15 is 0 Å². The minimum atomic E-state index is 0.00167. The number of hydrogen-bond donors (Lipinski definition) is 2. The van der Waals surface area contributed by atoms with Crippen molar-refractivity contribution in [1.29, 1.82) is 0 Å². The molecular weight excluding hydrogens is 228 g/mol. The van der Waals surface area contributed by atoms with Crippen molar-refractivity contribution in [3.05, 3.63) is 11.4 Å². The van der Waals surface area contributed by atoms with Crippen LogP contribution >= 0.6 is 0 Å². The standard InChI is InChI=1S/C13H24N4O/c1-8(2)17-11(5)13(10(4)16-17)15-12(18)7-6-9(3)14/h8-9H,6-7,14H2,1-5H3,(H,15,18). The van der Waals surface area contributed by atoms with Crippen LogP contribution in [0.3, 0.4) is 0 Å². The minimum Gasteiger partial charge on any atom is -0.328 e. The number of amides is 1. The SMILES string of the molecule is Cc1nn(C(C)C)c(C)c1NC(=O)CCC(C)N. The summed E-state index contributed by atoms with van der Waals surface area (Å²) in [6, 6.07) is 0.342. The van der Waals surface area contributed by atoms with E-state index in [0.717, 1.165) is 17.1 Å². The number of nitrogens with two attached hydrogens (primary N) is 1. The molecule has 0 spiro atoms. The second-order valence-corrected chi connectivity index (χ2v) is 5.15. The van der Waals surface area contributed by atoms with Crippen LogP contribution in [0.2, 0.25) is 0 Å². The number of aromatic nitrogens is 2. The molecule has 1 atom stereocenters. The Balaban J connectivity index is 2.76. The Morgan fingerprint density at radius 1 is 1.39 bits per heavy atom. The van der Waals surface area contributed by atoms with Crippen LogP contribution < -0.4 is 11.1 Å². The first-order chi connectivity index (χ1) is 8.32. The van der Waals surface area contributed by atoms with Crippen molar-refractivity contribution >= 4 is 11.6 Å². The van der Waals surface area contributed by atoms with Gasteiger partial charge in [0.25, 0.3) is 0 Å². The minimum absolute atomic E-state index is 0.00167. The van der Waals surface area contributed by atoms with E-state index in [4.69, 9.17) is 5.73 Å².